The van der Waals surface area contributed by atoms with Crippen molar-refractivity contribution in [3.63, 3.8) is 0 Å². The Morgan fingerprint density at radius 3 is 2.74 bits per heavy atom. The second-order valence-electron chi connectivity index (χ2n) is 7.65. The Labute approximate surface area is 158 Å². The van der Waals surface area contributed by atoms with Crippen molar-refractivity contribution in [2.24, 2.45) is 0 Å². The standard InChI is InChI=1S/C20H24N6O/c1-14-11-26-12-17(21-10-18(26)23-14)24-19(27)15-4-6-16(7-5-15)25-9-8-22-20(2,3)13-25/h4-7,10-12,22H,8-9,13H2,1-3H3,(H,24,27). The van der Waals surface area contributed by atoms with E-state index >= 15 is 0 Å². The van der Waals surface area contributed by atoms with Gasteiger partial charge in [0.2, 0.25) is 0 Å². The number of anilines is 2. The molecule has 2 N–H and O–H groups in total. The minimum atomic E-state index is -0.175. The average molecular weight is 364 g/mol. The summed E-state index contributed by atoms with van der Waals surface area (Å²) >= 11 is 0. The molecule has 4 rings (SSSR count). The highest BCUT2D eigenvalue weighted by Crippen LogP contribution is 2.21. The molecule has 7 nitrogen and oxygen atoms in total. The molecule has 7 heteroatoms. The lowest BCUT2D eigenvalue weighted by molar-refractivity contribution is 0.102. The topological polar surface area (TPSA) is 74.6 Å². The van der Waals surface area contributed by atoms with E-state index in [0.29, 0.717) is 11.4 Å². The third-order valence-electron chi connectivity index (χ3n) is 4.77. The molecule has 0 aliphatic carbocycles. The summed E-state index contributed by atoms with van der Waals surface area (Å²) in [6, 6.07) is 7.73. The van der Waals surface area contributed by atoms with Gasteiger partial charge >= 0.3 is 0 Å². The number of rotatable bonds is 3. The number of piperazine rings is 1. The minimum absolute atomic E-state index is 0.0876. The van der Waals surface area contributed by atoms with Gasteiger partial charge in [0.25, 0.3) is 5.91 Å². The van der Waals surface area contributed by atoms with E-state index in [9.17, 15) is 4.79 Å². The first-order valence-electron chi connectivity index (χ1n) is 9.12. The fourth-order valence-corrected chi connectivity index (χ4v) is 3.46. The molecule has 0 radical (unpaired) electrons. The van der Waals surface area contributed by atoms with Gasteiger partial charge in [0.15, 0.2) is 5.65 Å². The van der Waals surface area contributed by atoms with E-state index in [4.69, 9.17) is 0 Å². The Morgan fingerprint density at radius 2 is 2.00 bits per heavy atom. The largest absolute Gasteiger partial charge is 0.368 e. The number of imidazole rings is 1. The number of nitrogens with zero attached hydrogens (tertiary/aromatic N) is 4. The van der Waals surface area contributed by atoms with Gasteiger partial charge in [-0.2, -0.15) is 0 Å². The van der Waals surface area contributed by atoms with Crippen molar-refractivity contribution < 1.29 is 4.79 Å². The Balaban J connectivity index is 1.47. The maximum absolute atomic E-state index is 12.5. The van der Waals surface area contributed by atoms with E-state index in [0.717, 1.165) is 36.7 Å². The van der Waals surface area contributed by atoms with E-state index in [1.165, 1.54) is 0 Å². The quantitative estimate of drug-likeness (QED) is 0.747. The van der Waals surface area contributed by atoms with Crippen molar-refractivity contribution in [3.05, 3.63) is 54.1 Å². The van der Waals surface area contributed by atoms with Gasteiger partial charge in [0.05, 0.1) is 18.1 Å². The number of aryl methyl sites for hydroxylation is 1. The number of nitrogens with one attached hydrogen (secondary N) is 2. The molecular weight excluding hydrogens is 340 g/mol. The number of fused-ring (bicyclic) bond motifs is 1. The number of carbonyl (C=O) groups excluding carboxylic acids is 1. The number of carbonyl (C=O) groups is 1. The molecule has 0 spiro atoms. The van der Waals surface area contributed by atoms with Gasteiger partial charge in [0.1, 0.15) is 5.82 Å². The number of hydrogen-bond acceptors (Lipinski definition) is 5. The third kappa shape index (κ3) is 3.78. The van der Waals surface area contributed by atoms with Crippen molar-refractivity contribution in [1.82, 2.24) is 19.7 Å². The van der Waals surface area contributed by atoms with Crippen molar-refractivity contribution in [2.75, 3.05) is 29.9 Å². The lowest BCUT2D eigenvalue weighted by Crippen LogP contribution is -2.57. The zero-order valence-corrected chi connectivity index (χ0v) is 15.9. The average Bonchev–Trinajstić information content (AvgIpc) is 3.00. The van der Waals surface area contributed by atoms with Crippen LogP contribution >= 0.6 is 0 Å². The van der Waals surface area contributed by atoms with Gasteiger partial charge in [-0.1, -0.05) is 0 Å². The second kappa shape index (κ2) is 6.66. The van der Waals surface area contributed by atoms with E-state index < -0.39 is 0 Å². The Kier molecular flexibility index (Phi) is 4.31. The van der Waals surface area contributed by atoms with Crippen molar-refractivity contribution in [1.29, 1.82) is 0 Å². The van der Waals surface area contributed by atoms with Crippen LogP contribution < -0.4 is 15.5 Å². The molecule has 0 bridgehead atoms. The maximum atomic E-state index is 12.5. The lowest BCUT2D eigenvalue weighted by Gasteiger charge is -2.40. The summed E-state index contributed by atoms with van der Waals surface area (Å²) in [4.78, 5) is 23.5. The van der Waals surface area contributed by atoms with Crippen LogP contribution in [0.25, 0.3) is 5.65 Å². The van der Waals surface area contributed by atoms with Crippen LogP contribution in [-0.4, -0.2) is 45.4 Å². The summed E-state index contributed by atoms with van der Waals surface area (Å²) in [7, 11) is 0. The van der Waals surface area contributed by atoms with Gasteiger partial charge in [-0.3, -0.25) is 4.79 Å². The second-order valence-corrected chi connectivity index (χ2v) is 7.65. The van der Waals surface area contributed by atoms with Crippen LogP contribution in [0.3, 0.4) is 0 Å². The molecule has 0 unspecified atom stereocenters. The van der Waals surface area contributed by atoms with Crippen LogP contribution in [0.4, 0.5) is 11.5 Å². The molecule has 1 amide bonds. The molecule has 1 aliphatic rings. The van der Waals surface area contributed by atoms with Crippen LogP contribution in [0.2, 0.25) is 0 Å². The Morgan fingerprint density at radius 1 is 1.22 bits per heavy atom. The molecule has 1 aliphatic heterocycles. The minimum Gasteiger partial charge on any atom is -0.368 e. The summed E-state index contributed by atoms with van der Waals surface area (Å²) in [5.41, 5.74) is 3.50. The molecule has 27 heavy (non-hydrogen) atoms. The van der Waals surface area contributed by atoms with E-state index in [1.807, 2.05) is 41.8 Å². The van der Waals surface area contributed by atoms with Crippen LogP contribution in [0.1, 0.15) is 29.9 Å². The molecule has 1 aromatic carbocycles. The van der Waals surface area contributed by atoms with Crippen molar-refractivity contribution >= 4 is 23.1 Å². The highest BCUT2D eigenvalue weighted by atomic mass is 16.1. The first-order chi connectivity index (χ1) is 12.9. The zero-order chi connectivity index (χ0) is 19.0. The third-order valence-corrected chi connectivity index (χ3v) is 4.77. The van der Waals surface area contributed by atoms with Gasteiger partial charge in [0, 0.05) is 42.6 Å². The number of amides is 1. The fourth-order valence-electron chi connectivity index (χ4n) is 3.46. The summed E-state index contributed by atoms with van der Waals surface area (Å²) in [6.07, 6.45) is 5.32. The van der Waals surface area contributed by atoms with Gasteiger partial charge in [-0.15, -0.1) is 0 Å². The Bertz CT molecular complexity index is 976. The monoisotopic (exact) mass is 364 g/mol. The van der Waals surface area contributed by atoms with E-state index in [-0.39, 0.29) is 11.4 Å². The molecule has 3 aromatic rings. The maximum Gasteiger partial charge on any atom is 0.256 e. The van der Waals surface area contributed by atoms with Crippen molar-refractivity contribution in [2.45, 2.75) is 26.3 Å². The van der Waals surface area contributed by atoms with Crippen LogP contribution in [0.5, 0.6) is 0 Å². The molecule has 140 valence electrons. The lowest BCUT2D eigenvalue weighted by atomic mass is 10.0. The number of benzene rings is 1. The predicted octanol–water partition coefficient (Wildman–Crippen LogP) is 2.48. The zero-order valence-electron chi connectivity index (χ0n) is 15.9. The SMILES string of the molecule is Cc1cn2cc(NC(=O)c3ccc(N4CCNC(C)(C)C4)cc3)ncc2n1. The molecule has 1 saturated heterocycles. The van der Waals surface area contributed by atoms with Crippen LogP contribution in [0, 0.1) is 6.92 Å². The summed E-state index contributed by atoms with van der Waals surface area (Å²) in [6.45, 7) is 9.18. The van der Waals surface area contributed by atoms with E-state index in [2.05, 4.69) is 39.3 Å². The number of aromatic nitrogens is 3. The van der Waals surface area contributed by atoms with Crippen LogP contribution in [-0.2, 0) is 0 Å². The molecular formula is C20H24N6O. The molecule has 0 saturated carbocycles. The summed E-state index contributed by atoms with van der Waals surface area (Å²) < 4.78 is 1.85. The molecule has 3 heterocycles. The van der Waals surface area contributed by atoms with Crippen LogP contribution in [0.15, 0.2) is 42.9 Å². The molecule has 2 aromatic heterocycles. The molecule has 0 atom stereocenters. The van der Waals surface area contributed by atoms with Gasteiger partial charge in [-0.25, -0.2) is 9.97 Å². The fraction of sp³-hybridized carbons (Fsp3) is 0.350. The highest BCUT2D eigenvalue weighted by molar-refractivity contribution is 6.03. The number of hydrogen-bond donors (Lipinski definition) is 2. The van der Waals surface area contributed by atoms with E-state index in [1.54, 1.807) is 12.4 Å². The normalized spacial score (nSPS) is 16.5. The van der Waals surface area contributed by atoms with Gasteiger partial charge < -0.3 is 19.9 Å². The highest BCUT2D eigenvalue weighted by Gasteiger charge is 2.25. The predicted molar refractivity (Wildman–Crippen MR) is 106 cm³/mol. The Hall–Kier alpha value is -2.93. The summed E-state index contributed by atoms with van der Waals surface area (Å²) in [5.74, 6) is 0.323. The van der Waals surface area contributed by atoms with Gasteiger partial charge in [-0.05, 0) is 45.0 Å². The summed E-state index contributed by atoms with van der Waals surface area (Å²) in [5, 5.41) is 6.36. The first-order valence-corrected chi connectivity index (χ1v) is 9.12. The van der Waals surface area contributed by atoms with Crippen molar-refractivity contribution in [3.8, 4) is 0 Å². The first kappa shape index (κ1) is 17.5. The smallest absolute Gasteiger partial charge is 0.256 e. The molecule has 1 fully saturated rings.